The summed E-state index contributed by atoms with van der Waals surface area (Å²) in [6, 6.07) is 6.40. The number of hydrogen-bond donors (Lipinski definition) is 3. The lowest BCUT2D eigenvalue weighted by Crippen LogP contribution is -2.44. The van der Waals surface area contributed by atoms with E-state index in [-0.39, 0.29) is 24.2 Å². The van der Waals surface area contributed by atoms with Crippen LogP contribution in [0.4, 0.5) is 4.79 Å². The maximum atomic E-state index is 12.0. The molecule has 1 aliphatic rings. The van der Waals surface area contributed by atoms with E-state index in [1.165, 1.54) is 0 Å². The van der Waals surface area contributed by atoms with Crippen LogP contribution in [0.1, 0.15) is 28.8 Å². The monoisotopic (exact) mass is 292 g/mol. The van der Waals surface area contributed by atoms with Crippen LogP contribution in [-0.2, 0) is 6.42 Å². The number of likely N-dealkylation sites (tertiary alicyclic amines) is 1. The quantitative estimate of drug-likeness (QED) is 0.758. The van der Waals surface area contributed by atoms with Crippen LogP contribution in [0.2, 0.25) is 0 Å². The molecule has 0 aliphatic carbocycles. The molecule has 1 fully saturated rings. The first kappa shape index (κ1) is 15.3. The Labute approximate surface area is 123 Å². The second-order valence-corrected chi connectivity index (χ2v) is 5.16. The molecule has 0 radical (unpaired) electrons. The smallest absolute Gasteiger partial charge is 0.335 e. The number of benzene rings is 1. The first-order valence-corrected chi connectivity index (χ1v) is 7.09. The van der Waals surface area contributed by atoms with E-state index in [2.05, 4.69) is 5.32 Å². The number of aromatic carboxylic acids is 1. The fourth-order valence-corrected chi connectivity index (χ4v) is 2.52. The van der Waals surface area contributed by atoms with Gasteiger partial charge in [-0.1, -0.05) is 12.1 Å². The largest absolute Gasteiger partial charge is 0.478 e. The van der Waals surface area contributed by atoms with Crippen LogP contribution >= 0.6 is 0 Å². The van der Waals surface area contributed by atoms with Crippen molar-refractivity contribution in [3.05, 3.63) is 35.4 Å². The van der Waals surface area contributed by atoms with Gasteiger partial charge in [-0.3, -0.25) is 0 Å². The highest BCUT2D eigenvalue weighted by atomic mass is 16.4. The molecule has 6 nitrogen and oxygen atoms in total. The number of hydrogen-bond acceptors (Lipinski definition) is 3. The van der Waals surface area contributed by atoms with Crippen LogP contribution in [0.25, 0.3) is 0 Å². The zero-order valence-electron chi connectivity index (χ0n) is 11.8. The third-order valence-corrected chi connectivity index (χ3v) is 3.74. The number of aliphatic hydroxyl groups is 1. The van der Waals surface area contributed by atoms with E-state index in [0.717, 1.165) is 18.4 Å². The van der Waals surface area contributed by atoms with Crippen molar-refractivity contribution >= 4 is 12.0 Å². The fraction of sp³-hybridized carbons (Fsp3) is 0.467. The van der Waals surface area contributed by atoms with Crippen LogP contribution in [0.15, 0.2) is 24.3 Å². The van der Waals surface area contributed by atoms with Crippen molar-refractivity contribution in [3.8, 4) is 0 Å². The van der Waals surface area contributed by atoms with Gasteiger partial charge < -0.3 is 20.4 Å². The van der Waals surface area contributed by atoms with Gasteiger partial charge in [-0.25, -0.2) is 9.59 Å². The molecule has 21 heavy (non-hydrogen) atoms. The van der Waals surface area contributed by atoms with E-state index < -0.39 is 5.97 Å². The van der Waals surface area contributed by atoms with Crippen molar-refractivity contribution in [1.82, 2.24) is 10.2 Å². The van der Waals surface area contributed by atoms with Gasteiger partial charge in [0.1, 0.15) is 0 Å². The van der Waals surface area contributed by atoms with E-state index in [9.17, 15) is 14.7 Å². The van der Waals surface area contributed by atoms with E-state index in [4.69, 9.17) is 5.11 Å². The van der Waals surface area contributed by atoms with Crippen molar-refractivity contribution in [2.75, 3.05) is 19.7 Å². The van der Waals surface area contributed by atoms with Gasteiger partial charge in [0.05, 0.1) is 18.2 Å². The van der Waals surface area contributed by atoms with Crippen LogP contribution in [0.5, 0.6) is 0 Å². The second kappa shape index (κ2) is 7.08. The average Bonchev–Trinajstić information content (AvgIpc) is 2.96. The maximum absolute atomic E-state index is 12.0. The summed E-state index contributed by atoms with van der Waals surface area (Å²) in [6.07, 6.45) is 2.42. The highest BCUT2D eigenvalue weighted by Crippen LogP contribution is 2.16. The summed E-state index contributed by atoms with van der Waals surface area (Å²) >= 11 is 0. The third kappa shape index (κ3) is 3.95. The topological polar surface area (TPSA) is 89.9 Å². The van der Waals surface area contributed by atoms with Crippen molar-refractivity contribution in [2.45, 2.75) is 25.3 Å². The van der Waals surface area contributed by atoms with Crippen molar-refractivity contribution in [1.29, 1.82) is 0 Å². The average molecular weight is 292 g/mol. The molecule has 6 heteroatoms. The predicted octanol–water partition coefficient (Wildman–Crippen LogP) is 1.09. The molecular weight excluding hydrogens is 272 g/mol. The van der Waals surface area contributed by atoms with E-state index in [1.807, 2.05) is 0 Å². The van der Waals surface area contributed by atoms with Crippen LogP contribution in [0, 0.1) is 0 Å². The molecule has 1 atom stereocenters. The molecule has 1 heterocycles. The highest BCUT2D eigenvalue weighted by molar-refractivity contribution is 5.87. The number of nitrogens with one attached hydrogen (secondary N) is 1. The minimum absolute atomic E-state index is 0.00404. The summed E-state index contributed by atoms with van der Waals surface area (Å²) in [5.41, 5.74) is 1.23. The van der Waals surface area contributed by atoms with Crippen LogP contribution in [0.3, 0.4) is 0 Å². The number of nitrogens with zero attached hydrogens (tertiary/aromatic N) is 1. The lowest BCUT2D eigenvalue weighted by atomic mass is 10.1. The standard InChI is InChI=1S/C15H20N2O4/c18-10-13-2-1-9-17(13)15(21)16-8-7-11-3-5-12(6-4-11)14(19)20/h3-6,13,18H,1-2,7-10H2,(H,16,21)(H,19,20). The van der Waals surface area contributed by atoms with Crippen molar-refractivity contribution < 1.29 is 19.8 Å². The third-order valence-electron chi connectivity index (χ3n) is 3.74. The normalized spacial score (nSPS) is 17.8. The first-order chi connectivity index (χ1) is 10.1. The summed E-state index contributed by atoms with van der Waals surface area (Å²) < 4.78 is 0. The Morgan fingerprint density at radius 1 is 1.29 bits per heavy atom. The maximum Gasteiger partial charge on any atom is 0.335 e. The van der Waals surface area contributed by atoms with Gasteiger partial charge in [-0.15, -0.1) is 0 Å². The molecule has 1 saturated heterocycles. The van der Waals surface area contributed by atoms with Gasteiger partial charge in [-0.05, 0) is 37.0 Å². The Morgan fingerprint density at radius 2 is 2.00 bits per heavy atom. The number of carbonyl (C=O) groups excluding carboxylic acids is 1. The summed E-state index contributed by atoms with van der Waals surface area (Å²) in [6.45, 7) is 1.17. The molecule has 1 aliphatic heterocycles. The number of carboxylic acids is 1. The molecule has 2 amide bonds. The summed E-state index contributed by atoms with van der Waals surface area (Å²) in [7, 11) is 0. The lowest BCUT2D eigenvalue weighted by molar-refractivity contribution is 0.0697. The van der Waals surface area contributed by atoms with E-state index in [1.54, 1.807) is 29.2 Å². The number of rotatable bonds is 5. The molecule has 1 unspecified atom stereocenters. The Bertz CT molecular complexity index is 501. The molecule has 2 rings (SSSR count). The van der Waals surface area contributed by atoms with Gasteiger partial charge >= 0.3 is 12.0 Å². The van der Waals surface area contributed by atoms with Gasteiger partial charge in [0.15, 0.2) is 0 Å². The molecule has 0 saturated carbocycles. The van der Waals surface area contributed by atoms with Crippen LogP contribution < -0.4 is 5.32 Å². The second-order valence-electron chi connectivity index (χ2n) is 5.16. The minimum Gasteiger partial charge on any atom is -0.478 e. The fourth-order valence-electron chi connectivity index (χ4n) is 2.52. The SMILES string of the molecule is O=C(O)c1ccc(CCNC(=O)N2CCCC2CO)cc1. The molecular formula is C15H20N2O4. The Hall–Kier alpha value is -2.08. The summed E-state index contributed by atoms with van der Waals surface area (Å²) in [5.74, 6) is -0.945. The number of aliphatic hydroxyl groups excluding tert-OH is 1. The van der Waals surface area contributed by atoms with Gasteiger partial charge in [-0.2, -0.15) is 0 Å². The molecule has 0 aromatic heterocycles. The highest BCUT2D eigenvalue weighted by Gasteiger charge is 2.27. The lowest BCUT2D eigenvalue weighted by Gasteiger charge is -2.23. The first-order valence-electron chi connectivity index (χ1n) is 7.09. The number of amides is 2. The Morgan fingerprint density at radius 3 is 2.62 bits per heavy atom. The van der Waals surface area contributed by atoms with Gasteiger partial charge in [0.25, 0.3) is 0 Å². The molecule has 114 valence electrons. The van der Waals surface area contributed by atoms with Crippen molar-refractivity contribution in [2.24, 2.45) is 0 Å². The zero-order valence-corrected chi connectivity index (χ0v) is 11.8. The number of carboxylic acid groups (broad SMARTS) is 1. The molecule has 1 aromatic carbocycles. The van der Waals surface area contributed by atoms with E-state index >= 15 is 0 Å². The Balaban J connectivity index is 1.78. The number of urea groups is 1. The summed E-state index contributed by atoms with van der Waals surface area (Å²) in [5, 5.41) is 20.8. The zero-order chi connectivity index (χ0) is 15.2. The van der Waals surface area contributed by atoms with Gasteiger partial charge in [0.2, 0.25) is 0 Å². The predicted molar refractivity (Wildman–Crippen MR) is 77.3 cm³/mol. The molecule has 0 bridgehead atoms. The number of carbonyl (C=O) groups is 2. The Kier molecular flexibility index (Phi) is 5.16. The van der Waals surface area contributed by atoms with Crippen LogP contribution in [-0.4, -0.2) is 52.9 Å². The van der Waals surface area contributed by atoms with Crippen molar-refractivity contribution in [3.63, 3.8) is 0 Å². The summed E-state index contributed by atoms with van der Waals surface area (Å²) in [4.78, 5) is 24.4. The molecule has 1 aromatic rings. The van der Waals surface area contributed by atoms with Gasteiger partial charge in [0, 0.05) is 13.1 Å². The minimum atomic E-state index is -0.945. The van der Waals surface area contributed by atoms with E-state index in [0.29, 0.717) is 19.5 Å². The molecule has 3 N–H and O–H groups in total. The molecule has 0 spiro atoms.